The minimum Gasteiger partial charge on any atom is -0.388 e. The van der Waals surface area contributed by atoms with E-state index in [0.717, 1.165) is 0 Å². The second kappa shape index (κ2) is 6.57. The van der Waals surface area contributed by atoms with Crippen molar-refractivity contribution in [1.82, 2.24) is 0 Å². The van der Waals surface area contributed by atoms with Crippen LogP contribution in [0.3, 0.4) is 0 Å². The topological polar surface area (TPSA) is 71.4 Å². The van der Waals surface area contributed by atoms with Crippen molar-refractivity contribution in [3.8, 4) is 0 Å². The second-order valence-corrected chi connectivity index (χ2v) is 10.6. The molecule has 0 saturated carbocycles. The number of sulfone groups is 1. The molecule has 0 aromatic heterocycles. The van der Waals surface area contributed by atoms with Crippen molar-refractivity contribution in [2.24, 2.45) is 16.7 Å². The third-order valence-corrected chi connectivity index (χ3v) is 8.13. The number of rotatable bonds is 2. The monoisotopic (exact) mass is 386 g/mol. The molecule has 0 unspecified atom stereocenters. The van der Waals surface area contributed by atoms with Gasteiger partial charge in [-0.2, -0.15) is 0 Å². The van der Waals surface area contributed by atoms with E-state index >= 15 is 0 Å². The van der Waals surface area contributed by atoms with E-state index in [1.54, 1.807) is 42.5 Å². The summed E-state index contributed by atoms with van der Waals surface area (Å²) >= 11 is 0. The van der Waals surface area contributed by atoms with Crippen molar-refractivity contribution in [3.63, 3.8) is 0 Å². The van der Waals surface area contributed by atoms with Crippen molar-refractivity contribution in [2.45, 2.75) is 43.4 Å². The van der Waals surface area contributed by atoms with Crippen LogP contribution in [0.4, 0.5) is 0 Å². The first kappa shape index (κ1) is 19.8. The van der Waals surface area contributed by atoms with E-state index < -0.39 is 37.9 Å². The summed E-state index contributed by atoms with van der Waals surface area (Å²) in [4.78, 5) is 12.6. The van der Waals surface area contributed by atoms with Gasteiger partial charge in [0, 0.05) is 11.3 Å². The lowest BCUT2D eigenvalue weighted by atomic mass is 9.63. The summed E-state index contributed by atoms with van der Waals surface area (Å²) in [6.45, 7) is 9.55. The molecule has 27 heavy (non-hydrogen) atoms. The molecule has 1 aromatic rings. The fourth-order valence-electron chi connectivity index (χ4n) is 4.17. The van der Waals surface area contributed by atoms with Gasteiger partial charge in [-0.05, 0) is 35.6 Å². The first-order valence-corrected chi connectivity index (χ1v) is 10.6. The van der Waals surface area contributed by atoms with Gasteiger partial charge < -0.3 is 5.11 Å². The Labute approximate surface area is 161 Å². The first-order valence-electron chi connectivity index (χ1n) is 9.08. The molecule has 4 nitrogen and oxygen atoms in total. The van der Waals surface area contributed by atoms with Gasteiger partial charge >= 0.3 is 0 Å². The summed E-state index contributed by atoms with van der Waals surface area (Å²) in [5.41, 5.74) is -1.08. The van der Waals surface area contributed by atoms with Crippen LogP contribution >= 0.6 is 0 Å². The minimum absolute atomic E-state index is 0.218. The summed E-state index contributed by atoms with van der Waals surface area (Å²) < 4.78 is 27.2. The Morgan fingerprint density at radius 1 is 1.11 bits per heavy atom. The highest BCUT2D eigenvalue weighted by atomic mass is 32.2. The Morgan fingerprint density at radius 2 is 1.74 bits per heavy atom. The SMILES string of the molecule is C=C1C(=O)C=C[C@@]2(C)/C=C\[C@H](O)C(C)(C)C[C@@H](S(=O)(=O)c3ccccc3)[C@@H]12. The minimum atomic E-state index is -3.75. The predicted octanol–water partition coefficient (Wildman–Crippen LogP) is 3.49. The summed E-state index contributed by atoms with van der Waals surface area (Å²) in [6.07, 6.45) is 6.16. The van der Waals surface area contributed by atoms with Crippen molar-refractivity contribution >= 4 is 15.6 Å². The van der Waals surface area contributed by atoms with E-state index in [0.29, 0.717) is 5.57 Å². The zero-order valence-corrected chi connectivity index (χ0v) is 16.7. The number of hydrogen-bond acceptors (Lipinski definition) is 4. The van der Waals surface area contributed by atoms with Gasteiger partial charge in [0.2, 0.25) is 0 Å². The Bertz CT molecular complexity index is 924. The summed E-state index contributed by atoms with van der Waals surface area (Å²) in [7, 11) is -3.75. The molecule has 5 heteroatoms. The van der Waals surface area contributed by atoms with Crippen molar-refractivity contribution < 1.29 is 18.3 Å². The maximum atomic E-state index is 13.6. The molecule has 0 saturated heterocycles. The Kier molecular flexibility index (Phi) is 4.81. The molecule has 0 fully saturated rings. The van der Waals surface area contributed by atoms with E-state index in [9.17, 15) is 18.3 Å². The molecule has 3 rings (SSSR count). The van der Waals surface area contributed by atoms with Gasteiger partial charge in [-0.3, -0.25) is 4.79 Å². The van der Waals surface area contributed by atoms with Crippen LogP contribution in [0.25, 0.3) is 0 Å². The highest BCUT2D eigenvalue weighted by molar-refractivity contribution is 7.92. The van der Waals surface area contributed by atoms with Gasteiger partial charge in [0.25, 0.3) is 0 Å². The number of hydrogen-bond donors (Lipinski definition) is 1. The smallest absolute Gasteiger partial charge is 0.181 e. The number of aliphatic hydroxyl groups is 1. The number of allylic oxidation sites excluding steroid dienone is 4. The molecule has 0 bridgehead atoms. The largest absolute Gasteiger partial charge is 0.388 e. The van der Waals surface area contributed by atoms with Gasteiger partial charge in [0.15, 0.2) is 15.6 Å². The zero-order chi connectivity index (χ0) is 20.0. The van der Waals surface area contributed by atoms with Crippen LogP contribution in [0.1, 0.15) is 27.2 Å². The molecular formula is C22H26O4S. The second-order valence-electron chi connectivity index (χ2n) is 8.46. The van der Waals surface area contributed by atoms with Crippen molar-refractivity contribution in [2.75, 3.05) is 0 Å². The molecule has 0 aliphatic heterocycles. The van der Waals surface area contributed by atoms with Crippen LogP contribution in [0.2, 0.25) is 0 Å². The first-order chi connectivity index (χ1) is 12.5. The van der Waals surface area contributed by atoms with Crippen LogP contribution in [0.5, 0.6) is 0 Å². The quantitative estimate of drug-likeness (QED) is 0.624. The lowest BCUT2D eigenvalue weighted by molar-refractivity contribution is -0.112. The van der Waals surface area contributed by atoms with Gasteiger partial charge in [-0.1, -0.05) is 63.8 Å². The number of carbonyl (C=O) groups is 1. The number of benzene rings is 1. The van der Waals surface area contributed by atoms with Gasteiger partial charge in [-0.25, -0.2) is 8.42 Å². The fourth-order valence-corrected chi connectivity index (χ4v) is 6.52. The molecule has 0 spiro atoms. The average Bonchev–Trinajstić information content (AvgIpc) is 2.62. The molecule has 4 atom stereocenters. The standard InChI is InChI=1S/C22H26O4S/c1-15-17(23)10-12-22(4)13-11-19(24)21(2,3)14-18(20(15)22)27(25,26)16-8-6-5-7-9-16/h5-13,18-20,24H,1,14H2,2-4H3/b13-11-/t18-,19+,20-,22+/m1/s1. The lowest BCUT2D eigenvalue weighted by Crippen LogP contribution is -2.48. The molecule has 2 aliphatic rings. The zero-order valence-electron chi connectivity index (χ0n) is 15.9. The average molecular weight is 387 g/mol. The Morgan fingerprint density at radius 3 is 2.37 bits per heavy atom. The number of carbonyl (C=O) groups excluding carboxylic acids is 1. The number of fused-ring (bicyclic) bond motifs is 1. The normalized spacial score (nSPS) is 34.4. The highest BCUT2D eigenvalue weighted by Crippen LogP contribution is 2.49. The highest BCUT2D eigenvalue weighted by Gasteiger charge is 2.51. The van der Waals surface area contributed by atoms with Crippen LogP contribution in [0.15, 0.2) is 71.7 Å². The van der Waals surface area contributed by atoms with E-state index in [1.807, 2.05) is 26.8 Å². The van der Waals surface area contributed by atoms with Crippen LogP contribution < -0.4 is 0 Å². The fraction of sp³-hybridized carbons (Fsp3) is 0.409. The molecule has 0 radical (unpaired) electrons. The maximum Gasteiger partial charge on any atom is 0.181 e. The van der Waals surface area contributed by atoms with Crippen LogP contribution in [0, 0.1) is 16.7 Å². The van der Waals surface area contributed by atoms with E-state index in [-0.39, 0.29) is 17.1 Å². The molecule has 0 heterocycles. The molecule has 1 N–H and O–H groups in total. The summed E-state index contributed by atoms with van der Waals surface area (Å²) in [5, 5.41) is 9.75. The maximum absolute atomic E-state index is 13.6. The van der Waals surface area contributed by atoms with E-state index in [2.05, 4.69) is 6.58 Å². The Hall–Kier alpha value is -1.98. The third-order valence-electron chi connectivity index (χ3n) is 5.96. The lowest BCUT2D eigenvalue weighted by Gasteiger charge is -2.46. The van der Waals surface area contributed by atoms with E-state index in [4.69, 9.17) is 0 Å². The Balaban J connectivity index is 2.25. The number of aliphatic hydroxyl groups excluding tert-OH is 1. The van der Waals surface area contributed by atoms with Gasteiger partial charge in [-0.15, -0.1) is 0 Å². The third kappa shape index (κ3) is 3.34. The van der Waals surface area contributed by atoms with Gasteiger partial charge in [0.05, 0.1) is 16.2 Å². The van der Waals surface area contributed by atoms with E-state index in [1.165, 1.54) is 6.08 Å². The molecule has 1 aromatic carbocycles. The van der Waals surface area contributed by atoms with Crippen LogP contribution in [-0.2, 0) is 14.6 Å². The number of ketones is 1. The molecule has 0 amide bonds. The molecular weight excluding hydrogens is 360 g/mol. The summed E-state index contributed by atoms with van der Waals surface area (Å²) in [6, 6.07) is 8.30. The van der Waals surface area contributed by atoms with Gasteiger partial charge in [0.1, 0.15) is 0 Å². The molecule has 2 aliphatic carbocycles. The molecule has 144 valence electrons. The van der Waals surface area contributed by atoms with Crippen molar-refractivity contribution in [1.29, 1.82) is 0 Å². The van der Waals surface area contributed by atoms with Crippen LogP contribution in [-0.4, -0.2) is 30.7 Å². The van der Waals surface area contributed by atoms with Crippen molar-refractivity contribution in [3.05, 3.63) is 66.8 Å². The predicted molar refractivity (Wildman–Crippen MR) is 106 cm³/mol. The summed E-state index contributed by atoms with van der Waals surface area (Å²) in [5.74, 6) is -0.832.